The molecule has 3 rings (SSSR count). The molecule has 20 heavy (non-hydrogen) atoms. The SMILES string of the molecule is Cn1nccc1CCC(NN)c1cnn2ccccc12. The Bertz CT molecular complexity index is 698. The van der Waals surface area contributed by atoms with E-state index < -0.39 is 0 Å². The molecule has 6 heteroatoms. The van der Waals surface area contributed by atoms with E-state index >= 15 is 0 Å². The molecule has 0 aliphatic carbocycles. The van der Waals surface area contributed by atoms with Gasteiger partial charge in [-0.1, -0.05) is 6.07 Å². The van der Waals surface area contributed by atoms with Crippen LogP contribution < -0.4 is 11.3 Å². The zero-order chi connectivity index (χ0) is 13.9. The van der Waals surface area contributed by atoms with E-state index in [1.807, 2.05) is 53.0 Å². The zero-order valence-electron chi connectivity index (χ0n) is 11.4. The molecule has 0 aliphatic heterocycles. The van der Waals surface area contributed by atoms with Crippen molar-refractivity contribution in [1.29, 1.82) is 0 Å². The summed E-state index contributed by atoms with van der Waals surface area (Å²) < 4.78 is 3.76. The van der Waals surface area contributed by atoms with E-state index in [-0.39, 0.29) is 6.04 Å². The summed E-state index contributed by atoms with van der Waals surface area (Å²) in [5, 5.41) is 8.54. The first-order chi connectivity index (χ1) is 9.79. The predicted molar refractivity (Wildman–Crippen MR) is 76.8 cm³/mol. The van der Waals surface area contributed by atoms with Gasteiger partial charge >= 0.3 is 0 Å². The van der Waals surface area contributed by atoms with Crippen molar-refractivity contribution in [2.45, 2.75) is 18.9 Å². The molecule has 1 unspecified atom stereocenters. The molecule has 0 saturated carbocycles. The molecular formula is C14H18N6. The van der Waals surface area contributed by atoms with E-state index in [1.165, 1.54) is 5.69 Å². The number of aromatic nitrogens is 4. The summed E-state index contributed by atoms with van der Waals surface area (Å²) in [4.78, 5) is 0. The molecule has 0 amide bonds. The van der Waals surface area contributed by atoms with Gasteiger partial charge in [0, 0.05) is 30.7 Å². The fourth-order valence-corrected chi connectivity index (χ4v) is 2.49. The number of hydrogen-bond donors (Lipinski definition) is 2. The maximum Gasteiger partial charge on any atom is 0.0709 e. The molecule has 0 aliphatic rings. The van der Waals surface area contributed by atoms with Crippen LogP contribution in [0.1, 0.15) is 23.7 Å². The second kappa shape index (κ2) is 5.44. The number of rotatable bonds is 5. The third-order valence-electron chi connectivity index (χ3n) is 3.64. The minimum absolute atomic E-state index is 0.0739. The van der Waals surface area contributed by atoms with Crippen LogP contribution in [0.3, 0.4) is 0 Å². The van der Waals surface area contributed by atoms with Gasteiger partial charge in [-0.15, -0.1) is 0 Å². The first-order valence-electron chi connectivity index (χ1n) is 6.65. The van der Waals surface area contributed by atoms with Crippen LogP contribution >= 0.6 is 0 Å². The Labute approximate surface area is 117 Å². The highest BCUT2D eigenvalue weighted by molar-refractivity contribution is 5.54. The van der Waals surface area contributed by atoms with Gasteiger partial charge in [0.05, 0.1) is 17.8 Å². The van der Waals surface area contributed by atoms with Gasteiger partial charge in [0.25, 0.3) is 0 Å². The van der Waals surface area contributed by atoms with E-state index in [4.69, 9.17) is 5.84 Å². The van der Waals surface area contributed by atoms with Crippen LogP contribution in [-0.4, -0.2) is 19.4 Å². The van der Waals surface area contributed by atoms with Gasteiger partial charge in [-0.2, -0.15) is 10.2 Å². The lowest BCUT2D eigenvalue weighted by atomic mass is 10.0. The molecule has 1 atom stereocenters. The standard InChI is InChI=1S/C14H18N6/c1-19-11(7-8-16-19)5-6-13(18-15)12-10-17-20-9-3-2-4-14(12)20/h2-4,7-10,13,18H,5-6,15H2,1H3. The van der Waals surface area contributed by atoms with E-state index in [0.29, 0.717) is 0 Å². The fourth-order valence-electron chi connectivity index (χ4n) is 2.49. The Balaban J connectivity index is 1.81. The average Bonchev–Trinajstić information content (AvgIpc) is 3.07. The Morgan fingerprint density at radius 2 is 2.20 bits per heavy atom. The van der Waals surface area contributed by atoms with E-state index in [2.05, 4.69) is 21.7 Å². The third-order valence-corrected chi connectivity index (χ3v) is 3.64. The van der Waals surface area contributed by atoms with Crippen molar-refractivity contribution >= 4 is 5.52 Å². The van der Waals surface area contributed by atoms with Crippen LogP contribution in [0.15, 0.2) is 42.9 Å². The van der Waals surface area contributed by atoms with Crippen LogP contribution in [0.2, 0.25) is 0 Å². The van der Waals surface area contributed by atoms with Crippen LogP contribution in [0.4, 0.5) is 0 Å². The average molecular weight is 270 g/mol. The van der Waals surface area contributed by atoms with Gasteiger partial charge in [0.2, 0.25) is 0 Å². The van der Waals surface area contributed by atoms with E-state index in [1.54, 1.807) is 0 Å². The lowest BCUT2D eigenvalue weighted by Gasteiger charge is -2.14. The summed E-state index contributed by atoms with van der Waals surface area (Å²) in [6.07, 6.45) is 7.44. The molecule has 0 aromatic carbocycles. The van der Waals surface area contributed by atoms with E-state index in [0.717, 1.165) is 23.9 Å². The Kier molecular flexibility index (Phi) is 3.49. The van der Waals surface area contributed by atoms with Crippen molar-refractivity contribution < 1.29 is 0 Å². The van der Waals surface area contributed by atoms with Crippen molar-refractivity contribution in [3.8, 4) is 0 Å². The summed E-state index contributed by atoms with van der Waals surface area (Å²) in [5.74, 6) is 5.72. The Morgan fingerprint density at radius 3 is 2.95 bits per heavy atom. The molecule has 0 spiro atoms. The highest BCUT2D eigenvalue weighted by Gasteiger charge is 2.15. The first-order valence-corrected chi connectivity index (χ1v) is 6.65. The molecule has 3 N–H and O–H groups in total. The van der Waals surface area contributed by atoms with Crippen molar-refractivity contribution in [1.82, 2.24) is 24.8 Å². The first kappa shape index (κ1) is 12.8. The van der Waals surface area contributed by atoms with Gasteiger partial charge in [-0.05, 0) is 31.0 Å². The largest absolute Gasteiger partial charge is 0.273 e. The molecule has 0 fully saturated rings. The van der Waals surface area contributed by atoms with Crippen molar-refractivity contribution in [2.24, 2.45) is 12.9 Å². The van der Waals surface area contributed by atoms with Crippen LogP contribution in [0.25, 0.3) is 5.52 Å². The lowest BCUT2D eigenvalue weighted by Crippen LogP contribution is -2.28. The summed E-state index contributed by atoms with van der Waals surface area (Å²) in [5.41, 5.74) is 6.30. The number of hydrazine groups is 1. The normalized spacial score (nSPS) is 12.9. The molecule has 0 bridgehead atoms. The molecule has 6 nitrogen and oxygen atoms in total. The molecule has 3 aromatic heterocycles. The number of nitrogens with two attached hydrogens (primary N) is 1. The predicted octanol–water partition coefficient (Wildman–Crippen LogP) is 1.21. The van der Waals surface area contributed by atoms with Crippen molar-refractivity contribution in [3.05, 3.63) is 54.1 Å². The number of hydrogen-bond acceptors (Lipinski definition) is 4. The number of aryl methyl sites for hydroxylation is 2. The Hall–Kier alpha value is -2.18. The maximum absolute atomic E-state index is 5.72. The summed E-state index contributed by atoms with van der Waals surface area (Å²) in [6.45, 7) is 0. The molecule has 0 saturated heterocycles. The summed E-state index contributed by atoms with van der Waals surface area (Å²) in [6, 6.07) is 8.13. The monoisotopic (exact) mass is 270 g/mol. The number of nitrogens with zero attached hydrogens (tertiary/aromatic N) is 4. The topological polar surface area (TPSA) is 73.2 Å². The summed E-state index contributed by atoms with van der Waals surface area (Å²) >= 11 is 0. The second-order valence-electron chi connectivity index (χ2n) is 4.83. The van der Waals surface area contributed by atoms with Crippen molar-refractivity contribution in [3.63, 3.8) is 0 Å². The van der Waals surface area contributed by atoms with Crippen LogP contribution in [-0.2, 0) is 13.5 Å². The van der Waals surface area contributed by atoms with E-state index in [9.17, 15) is 0 Å². The second-order valence-corrected chi connectivity index (χ2v) is 4.83. The highest BCUT2D eigenvalue weighted by Crippen LogP contribution is 2.22. The van der Waals surface area contributed by atoms with Crippen molar-refractivity contribution in [2.75, 3.05) is 0 Å². The molecule has 0 radical (unpaired) electrons. The van der Waals surface area contributed by atoms with Gasteiger partial charge in [-0.25, -0.2) is 4.52 Å². The van der Waals surface area contributed by atoms with Gasteiger partial charge in [-0.3, -0.25) is 16.0 Å². The minimum atomic E-state index is 0.0739. The zero-order valence-corrected chi connectivity index (χ0v) is 11.4. The third kappa shape index (κ3) is 2.31. The fraction of sp³-hybridized carbons (Fsp3) is 0.286. The molecule has 104 valence electrons. The smallest absolute Gasteiger partial charge is 0.0709 e. The lowest BCUT2D eigenvalue weighted by molar-refractivity contribution is 0.509. The quantitative estimate of drug-likeness (QED) is 0.540. The van der Waals surface area contributed by atoms with Gasteiger partial charge in [0.1, 0.15) is 0 Å². The highest BCUT2D eigenvalue weighted by atomic mass is 15.3. The minimum Gasteiger partial charge on any atom is -0.273 e. The molecule has 3 aromatic rings. The number of pyridine rings is 1. The summed E-state index contributed by atoms with van der Waals surface area (Å²) in [7, 11) is 1.95. The molecule has 3 heterocycles. The number of fused-ring (bicyclic) bond motifs is 1. The van der Waals surface area contributed by atoms with Gasteiger partial charge in [0.15, 0.2) is 0 Å². The molecular weight excluding hydrogens is 252 g/mol. The van der Waals surface area contributed by atoms with Gasteiger partial charge < -0.3 is 0 Å². The van der Waals surface area contributed by atoms with Crippen LogP contribution in [0.5, 0.6) is 0 Å². The van der Waals surface area contributed by atoms with Crippen LogP contribution in [0, 0.1) is 0 Å². The maximum atomic E-state index is 5.72. The number of nitrogens with one attached hydrogen (secondary N) is 1. The Morgan fingerprint density at radius 1 is 1.30 bits per heavy atom.